The topological polar surface area (TPSA) is 44.7 Å². The van der Waals surface area contributed by atoms with Gasteiger partial charge in [-0.15, -0.1) is 0 Å². The number of aliphatic imine (C=N–C) groups is 1. The molecule has 0 spiro atoms. The number of para-hydroxylation sites is 2. The van der Waals surface area contributed by atoms with E-state index in [-0.39, 0.29) is 5.91 Å². The number of amidine groups is 1. The summed E-state index contributed by atoms with van der Waals surface area (Å²) in [4.78, 5) is 19.1. The van der Waals surface area contributed by atoms with Gasteiger partial charge in [0.25, 0.3) is 5.91 Å². The lowest BCUT2D eigenvalue weighted by Gasteiger charge is -2.24. The quantitative estimate of drug-likeness (QED) is 0.877. The SMILES string of the molecule is O=C(C1=NCCN1)N1c2ccccc2CCc2ccccc21. The molecule has 0 saturated heterocycles. The van der Waals surface area contributed by atoms with Crippen LogP contribution >= 0.6 is 0 Å². The summed E-state index contributed by atoms with van der Waals surface area (Å²) in [5.74, 6) is 0.394. The fourth-order valence-corrected chi connectivity index (χ4v) is 3.15. The van der Waals surface area contributed by atoms with Gasteiger partial charge >= 0.3 is 0 Å². The molecule has 0 radical (unpaired) electrons. The van der Waals surface area contributed by atoms with Crippen LogP contribution in [0.5, 0.6) is 0 Å². The summed E-state index contributed by atoms with van der Waals surface area (Å²) >= 11 is 0. The summed E-state index contributed by atoms with van der Waals surface area (Å²) in [6, 6.07) is 16.3. The molecule has 0 fully saturated rings. The second-order valence-electron chi connectivity index (χ2n) is 5.56. The molecule has 1 N–H and O–H groups in total. The van der Waals surface area contributed by atoms with E-state index in [1.807, 2.05) is 41.3 Å². The van der Waals surface area contributed by atoms with Crippen molar-refractivity contribution in [3.63, 3.8) is 0 Å². The zero-order chi connectivity index (χ0) is 14.9. The third kappa shape index (κ3) is 2.08. The van der Waals surface area contributed by atoms with Crippen molar-refractivity contribution in [2.75, 3.05) is 18.0 Å². The molecule has 4 rings (SSSR count). The summed E-state index contributed by atoms with van der Waals surface area (Å²) < 4.78 is 0. The maximum Gasteiger partial charge on any atom is 0.297 e. The predicted molar refractivity (Wildman–Crippen MR) is 87.7 cm³/mol. The molecule has 2 aliphatic heterocycles. The highest BCUT2D eigenvalue weighted by molar-refractivity contribution is 6.44. The van der Waals surface area contributed by atoms with Crippen LogP contribution in [0.15, 0.2) is 53.5 Å². The molecule has 0 aliphatic carbocycles. The molecule has 0 bridgehead atoms. The molecule has 2 heterocycles. The Labute approximate surface area is 129 Å². The van der Waals surface area contributed by atoms with Gasteiger partial charge in [-0.25, -0.2) is 0 Å². The van der Waals surface area contributed by atoms with Crippen LogP contribution in [-0.2, 0) is 17.6 Å². The van der Waals surface area contributed by atoms with Crippen molar-refractivity contribution in [1.82, 2.24) is 5.32 Å². The summed E-state index contributed by atoms with van der Waals surface area (Å²) in [5, 5.41) is 3.09. The van der Waals surface area contributed by atoms with Crippen LogP contribution in [0.2, 0.25) is 0 Å². The van der Waals surface area contributed by atoms with Gasteiger partial charge in [-0.1, -0.05) is 36.4 Å². The highest BCUT2D eigenvalue weighted by Crippen LogP contribution is 2.36. The summed E-state index contributed by atoms with van der Waals surface area (Å²) in [6.07, 6.45) is 1.88. The average molecular weight is 291 g/mol. The fourth-order valence-electron chi connectivity index (χ4n) is 3.15. The van der Waals surface area contributed by atoms with Crippen LogP contribution in [-0.4, -0.2) is 24.8 Å². The van der Waals surface area contributed by atoms with Gasteiger partial charge in [0.2, 0.25) is 0 Å². The minimum atomic E-state index is -0.0701. The minimum Gasteiger partial charge on any atom is -0.364 e. The average Bonchev–Trinajstić information content (AvgIpc) is 3.04. The van der Waals surface area contributed by atoms with Crippen LogP contribution in [0.1, 0.15) is 11.1 Å². The molecule has 0 aromatic heterocycles. The lowest BCUT2D eigenvalue weighted by molar-refractivity contribution is -0.112. The van der Waals surface area contributed by atoms with E-state index in [2.05, 4.69) is 22.4 Å². The lowest BCUT2D eigenvalue weighted by atomic mass is 10.0. The summed E-state index contributed by atoms with van der Waals surface area (Å²) in [5.41, 5.74) is 4.33. The number of hydrogen-bond donors (Lipinski definition) is 1. The summed E-state index contributed by atoms with van der Waals surface area (Å²) in [7, 11) is 0. The zero-order valence-corrected chi connectivity index (χ0v) is 12.2. The Hall–Kier alpha value is -2.62. The van der Waals surface area contributed by atoms with E-state index >= 15 is 0 Å². The Morgan fingerprint density at radius 2 is 1.55 bits per heavy atom. The first-order valence-corrected chi connectivity index (χ1v) is 7.63. The lowest BCUT2D eigenvalue weighted by Crippen LogP contribution is -2.39. The van der Waals surface area contributed by atoms with Crippen molar-refractivity contribution in [3.05, 3.63) is 59.7 Å². The molecule has 1 amide bonds. The first-order valence-electron chi connectivity index (χ1n) is 7.63. The number of aryl methyl sites for hydroxylation is 2. The molecule has 22 heavy (non-hydrogen) atoms. The van der Waals surface area contributed by atoms with Gasteiger partial charge in [0, 0.05) is 6.54 Å². The molecule has 2 aliphatic rings. The number of carbonyl (C=O) groups is 1. The number of benzene rings is 2. The first-order chi connectivity index (χ1) is 10.8. The van der Waals surface area contributed by atoms with Gasteiger partial charge in [-0.2, -0.15) is 0 Å². The zero-order valence-electron chi connectivity index (χ0n) is 12.2. The van der Waals surface area contributed by atoms with Crippen LogP contribution in [0.25, 0.3) is 0 Å². The molecule has 4 heteroatoms. The Bertz CT molecular complexity index is 719. The normalized spacial score (nSPS) is 16.2. The maximum absolute atomic E-state index is 13.0. The van der Waals surface area contributed by atoms with Gasteiger partial charge in [0.05, 0.1) is 17.9 Å². The number of fused-ring (bicyclic) bond motifs is 2. The number of anilines is 2. The molecule has 110 valence electrons. The molecule has 0 atom stereocenters. The van der Waals surface area contributed by atoms with E-state index in [0.717, 1.165) is 30.8 Å². The van der Waals surface area contributed by atoms with E-state index in [1.54, 1.807) is 0 Å². The van der Waals surface area contributed by atoms with Crippen LogP contribution in [0.4, 0.5) is 11.4 Å². The van der Waals surface area contributed by atoms with Gasteiger partial charge in [-0.05, 0) is 36.1 Å². The third-order valence-electron chi connectivity index (χ3n) is 4.21. The van der Waals surface area contributed by atoms with Gasteiger partial charge in [0.15, 0.2) is 5.84 Å². The van der Waals surface area contributed by atoms with Gasteiger partial charge in [-0.3, -0.25) is 14.7 Å². The molecular weight excluding hydrogens is 274 g/mol. The summed E-state index contributed by atoms with van der Waals surface area (Å²) in [6.45, 7) is 1.40. The number of carbonyl (C=O) groups excluding carboxylic acids is 1. The van der Waals surface area contributed by atoms with Gasteiger partial charge < -0.3 is 5.32 Å². The second kappa shape index (κ2) is 5.30. The van der Waals surface area contributed by atoms with Crippen LogP contribution in [0, 0.1) is 0 Å². The molecule has 0 unspecified atom stereocenters. The Kier molecular flexibility index (Phi) is 3.15. The Balaban J connectivity index is 1.89. The highest BCUT2D eigenvalue weighted by Gasteiger charge is 2.29. The van der Waals surface area contributed by atoms with Gasteiger partial charge in [0.1, 0.15) is 0 Å². The molecule has 4 nitrogen and oxygen atoms in total. The standard InChI is InChI=1S/C18H17N3O/c22-18(17-19-11-12-20-17)21-15-7-3-1-5-13(15)9-10-14-6-2-4-8-16(14)21/h1-8H,9-12H2,(H,19,20). The van der Waals surface area contributed by atoms with Crippen molar-refractivity contribution in [3.8, 4) is 0 Å². The largest absolute Gasteiger partial charge is 0.364 e. The third-order valence-corrected chi connectivity index (χ3v) is 4.21. The van der Waals surface area contributed by atoms with Crippen LogP contribution < -0.4 is 10.2 Å². The molecule has 2 aromatic carbocycles. The van der Waals surface area contributed by atoms with Crippen LogP contribution in [0.3, 0.4) is 0 Å². The second-order valence-corrected chi connectivity index (χ2v) is 5.56. The van der Waals surface area contributed by atoms with Crippen molar-refractivity contribution in [1.29, 1.82) is 0 Å². The number of nitrogens with zero attached hydrogens (tertiary/aromatic N) is 2. The van der Waals surface area contributed by atoms with E-state index in [9.17, 15) is 4.79 Å². The van der Waals surface area contributed by atoms with Crippen molar-refractivity contribution in [2.45, 2.75) is 12.8 Å². The predicted octanol–water partition coefficient (Wildman–Crippen LogP) is 2.45. The van der Waals surface area contributed by atoms with Crippen molar-refractivity contribution >= 4 is 23.1 Å². The van der Waals surface area contributed by atoms with E-state index in [0.29, 0.717) is 12.4 Å². The first kappa shape index (κ1) is 13.1. The van der Waals surface area contributed by atoms with E-state index < -0.39 is 0 Å². The Morgan fingerprint density at radius 1 is 0.955 bits per heavy atom. The molecule has 2 aromatic rings. The number of amides is 1. The minimum absolute atomic E-state index is 0.0701. The van der Waals surface area contributed by atoms with E-state index in [4.69, 9.17) is 0 Å². The maximum atomic E-state index is 13.0. The highest BCUT2D eigenvalue weighted by atomic mass is 16.2. The number of rotatable bonds is 1. The van der Waals surface area contributed by atoms with Crippen molar-refractivity contribution < 1.29 is 4.79 Å². The molecule has 0 saturated carbocycles. The number of nitrogens with one attached hydrogen (secondary N) is 1. The Morgan fingerprint density at radius 3 is 2.09 bits per heavy atom. The van der Waals surface area contributed by atoms with E-state index in [1.165, 1.54) is 11.1 Å². The monoisotopic (exact) mass is 291 g/mol. The molecular formula is C18H17N3O. The fraction of sp³-hybridized carbons (Fsp3) is 0.222. The number of hydrogen-bond acceptors (Lipinski definition) is 3. The van der Waals surface area contributed by atoms with Crippen molar-refractivity contribution in [2.24, 2.45) is 4.99 Å². The smallest absolute Gasteiger partial charge is 0.297 e.